The van der Waals surface area contributed by atoms with Gasteiger partial charge in [0, 0.05) is 0 Å². The molecule has 4 heteroatoms. The van der Waals surface area contributed by atoms with E-state index >= 15 is 0 Å². The first kappa shape index (κ1) is 21.1. The molecule has 3 aromatic carbocycles. The highest BCUT2D eigenvalue weighted by atomic mass is 79.9. The lowest BCUT2D eigenvalue weighted by molar-refractivity contribution is -0.123. The molecule has 1 atom stereocenters. The number of rotatable bonds is 7. The Kier molecular flexibility index (Phi) is 7.10. The number of carbonyl (C=O) groups excluding carboxylic acids is 1. The predicted molar refractivity (Wildman–Crippen MR) is 121 cm³/mol. The fraction of sp³-hybridized carbons (Fsp3) is 0.240. The zero-order valence-electron chi connectivity index (χ0n) is 17.0. The van der Waals surface area contributed by atoms with E-state index in [-0.39, 0.29) is 18.6 Å². The molecule has 1 N–H and O–H groups in total. The Hall–Kier alpha value is -2.59. The van der Waals surface area contributed by atoms with Crippen LogP contribution in [0, 0.1) is 6.92 Å². The molecule has 1 unspecified atom stereocenters. The Morgan fingerprint density at radius 2 is 1.66 bits per heavy atom. The van der Waals surface area contributed by atoms with E-state index < -0.39 is 0 Å². The van der Waals surface area contributed by atoms with E-state index in [1.165, 1.54) is 5.56 Å². The van der Waals surface area contributed by atoms with Gasteiger partial charge < -0.3 is 10.1 Å². The lowest BCUT2D eigenvalue weighted by Gasteiger charge is -2.22. The van der Waals surface area contributed by atoms with Gasteiger partial charge in [-0.1, -0.05) is 74.5 Å². The standard InChI is InChI=1S/C25H26BrNO2/c1-17(2)20-13-14-23(22(26)15-20)29-16-24(28)27-25(19-10-5-4-6-11-19)21-12-8-7-9-18(21)3/h4-15,17,25H,16H2,1-3H3,(H,27,28). The molecule has 0 aliphatic carbocycles. The summed E-state index contributed by atoms with van der Waals surface area (Å²) in [4.78, 5) is 12.7. The van der Waals surface area contributed by atoms with Crippen molar-refractivity contribution in [3.8, 4) is 5.75 Å². The van der Waals surface area contributed by atoms with E-state index in [1.807, 2.05) is 60.7 Å². The average molecular weight is 452 g/mol. The molecule has 0 aliphatic heterocycles. The third kappa shape index (κ3) is 5.48. The summed E-state index contributed by atoms with van der Waals surface area (Å²) in [5.41, 5.74) is 4.47. The van der Waals surface area contributed by atoms with Crippen LogP contribution >= 0.6 is 15.9 Å². The second-order valence-electron chi connectivity index (χ2n) is 7.40. The van der Waals surface area contributed by atoms with Crippen LogP contribution in [0.5, 0.6) is 5.75 Å². The summed E-state index contributed by atoms with van der Waals surface area (Å²) in [6.45, 7) is 6.30. The fourth-order valence-corrected chi connectivity index (χ4v) is 3.75. The molecule has 0 aromatic heterocycles. The Bertz CT molecular complexity index is 970. The van der Waals surface area contributed by atoms with Crippen LogP contribution in [0.1, 0.15) is 48.1 Å². The minimum Gasteiger partial charge on any atom is -0.483 e. The zero-order chi connectivity index (χ0) is 20.8. The minimum absolute atomic E-state index is 0.0468. The highest BCUT2D eigenvalue weighted by molar-refractivity contribution is 9.10. The third-order valence-electron chi connectivity index (χ3n) is 4.92. The number of nitrogens with one attached hydrogen (secondary N) is 1. The topological polar surface area (TPSA) is 38.3 Å². The first-order chi connectivity index (χ1) is 14.0. The van der Waals surface area contributed by atoms with E-state index in [1.54, 1.807) is 0 Å². The number of ether oxygens (including phenoxy) is 1. The average Bonchev–Trinajstić information content (AvgIpc) is 2.72. The Balaban J connectivity index is 1.73. The van der Waals surface area contributed by atoms with E-state index in [9.17, 15) is 4.79 Å². The fourth-order valence-electron chi connectivity index (χ4n) is 3.24. The van der Waals surface area contributed by atoms with Crippen LogP contribution in [-0.4, -0.2) is 12.5 Å². The summed E-state index contributed by atoms with van der Waals surface area (Å²) in [5, 5.41) is 3.13. The number of carbonyl (C=O) groups is 1. The van der Waals surface area contributed by atoms with Gasteiger partial charge in [-0.05, 0) is 63.2 Å². The maximum atomic E-state index is 12.7. The van der Waals surface area contributed by atoms with Gasteiger partial charge in [0.05, 0.1) is 10.5 Å². The van der Waals surface area contributed by atoms with Crippen LogP contribution in [0.3, 0.4) is 0 Å². The molecular weight excluding hydrogens is 426 g/mol. The second kappa shape index (κ2) is 9.75. The van der Waals surface area contributed by atoms with Crippen LogP contribution in [0.25, 0.3) is 0 Å². The normalized spacial score (nSPS) is 11.9. The first-order valence-electron chi connectivity index (χ1n) is 9.77. The molecule has 0 heterocycles. The summed E-state index contributed by atoms with van der Waals surface area (Å²) >= 11 is 3.54. The summed E-state index contributed by atoms with van der Waals surface area (Å²) in [6, 6.07) is 23.9. The van der Waals surface area contributed by atoms with Crippen molar-refractivity contribution >= 4 is 21.8 Å². The molecule has 150 valence electrons. The van der Waals surface area contributed by atoms with Crippen molar-refractivity contribution in [2.75, 3.05) is 6.61 Å². The van der Waals surface area contributed by atoms with Crippen molar-refractivity contribution in [2.24, 2.45) is 0 Å². The maximum Gasteiger partial charge on any atom is 0.258 e. The van der Waals surface area contributed by atoms with E-state index in [2.05, 4.69) is 54.2 Å². The van der Waals surface area contributed by atoms with Gasteiger partial charge >= 0.3 is 0 Å². The summed E-state index contributed by atoms with van der Waals surface area (Å²) in [6.07, 6.45) is 0. The lowest BCUT2D eigenvalue weighted by atomic mass is 9.95. The van der Waals surface area contributed by atoms with Crippen molar-refractivity contribution in [1.82, 2.24) is 5.32 Å². The molecule has 0 radical (unpaired) electrons. The summed E-state index contributed by atoms with van der Waals surface area (Å²) in [7, 11) is 0. The van der Waals surface area contributed by atoms with Crippen molar-refractivity contribution in [2.45, 2.75) is 32.7 Å². The third-order valence-corrected chi connectivity index (χ3v) is 5.54. The highest BCUT2D eigenvalue weighted by Gasteiger charge is 2.19. The smallest absolute Gasteiger partial charge is 0.258 e. The zero-order valence-corrected chi connectivity index (χ0v) is 18.6. The SMILES string of the molecule is Cc1ccccc1C(NC(=O)COc1ccc(C(C)C)cc1Br)c1ccccc1. The lowest BCUT2D eigenvalue weighted by Crippen LogP contribution is -2.33. The van der Waals surface area contributed by atoms with Crippen LogP contribution in [0.4, 0.5) is 0 Å². The molecule has 29 heavy (non-hydrogen) atoms. The van der Waals surface area contributed by atoms with Gasteiger partial charge in [0.25, 0.3) is 5.91 Å². The molecule has 0 fully saturated rings. The van der Waals surface area contributed by atoms with E-state index in [0.29, 0.717) is 11.7 Å². The molecule has 1 amide bonds. The number of amides is 1. The van der Waals surface area contributed by atoms with E-state index in [0.717, 1.165) is 21.2 Å². The monoisotopic (exact) mass is 451 g/mol. The van der Waals surface area contributed by atoms with Gasteiger partial charge in [0.1, 0.15) is 5.75 Å². The van der Waals surface area contributed by atoms with Crippen LogP contribution < -0.4 is 10.1 Å². The Labute approximate surface area is 181 Å². The second-order valence-corrected chi connectivity index (χ2v) is 8.26. The van der Waals surface area contributed by atoms with Crippen molar-refractivity contribution in [1.29, 1.82) is 0 Å². The number of hydrogen-bond donors (Lipinski definition) is 1. The van der Waals surface area contributed by atoms with Gasteiger partial charge in [-0.25, -0.2) is 0 Å². The van der Waals surface area contributed by atoms with Crippen molar-refractivity contribution in [3.05, 3.63) is 99.5 Å². The number of benzene rings is 3. The maximum absolute atomic E-state index is 12.7. The van der Waals surface area contributed by atoms with Gasteiger partial charge in [-0.15, -0.1) is 0 Å². The number of halogens is 1. The van der Waals surface area contributed by atoms with Crippen LogP contribution in [0.2, 0.25) is 0 Å². The Morgan fingerprint density at radius 3 is 2.31 bits per heavy atom. The van der Waals surface area contributed by atoms with Crippen LogP contribution in [0.15, 0.2) is 77.3 Å². The molecule has 3 rings (SSSR count). The van der Waals surface area contributed by atoms with E-state index in [4.69, 9.17) is 4.74 Å². The highest BCUT2D eigenvalue weighted by Crippen LogP contribution is 2.29. The van der Waals surface area contributed by atoms with Crippen LogP contribution in [-0.2, 0) is 4.79 Å². The van der Waals surface area contributed by atoms with Gasteiger partial charge in [0.2, 0.25) is 0 Å². The van der Waals surface area contributed by atoms with Gasteiger partial charge in [0.15, 0.2) is 6.61 Å². The predicted octanol–water partition coefficient (Wildman–Crippen LogP) is 6.17. The largest absolute Gasteiger partial charge is 0.483 e. The molecule has 0 spiro atoms. The van der Waals surface area contributed by atoms with Gasteiger partial charge in [-0.2, -0.15) is 0 Å². The first-order valence-corrected chi connectivity index (χ1v) is 10.6. The van der Waals surface area contributed by atoms with Gasteiger partial charge in [-0.3, -0.25) is 4.79 Å². The number of aryl methyl sites for hydroxylation is 1. The van der Waals surface area contributed by atoms with Crippen molar-refractivity contribution in [3.63, 3.8) is 0 Å². The minimum atomic E-state index is -0.222. The summed E-state index contributed by atoms with van der Waals surface area (Å²) < 4.78 is 6.63. The molecular formula is C25H26BrNO2. The number of hydrogen-bond acceptors (Lipinski definition) is 2. The molecule has 0 bridgehead atoms. The molecule has 3 aromatic rings. The molecule has 0 saturated heterocycles. The quantitative estimate of drug-likeness (QED) is 0.466. The van der Waals surface area contributed by atoms with Crippen molar-refractivity contribution < 1.29 is 9.53 Å². The summed E-state index contributed by atoms with van der Waals surface area (Å²) in [5.74, 6) is 0.933. The molecule has 3 nitrogen and oxygen atoms in total. The Morgan fingerprint density at radius 1 is 0.966 bits per heavy atom. The molecule has 0 saturated carbocycles. The molecule has 0 aliphatic rings.